The number of urea groups is 1. The van der Waals surface area contributed by atoms with Crippen molar-refractivity contribution in [3.05, 3.63) is 58.9 Å². The van der Waals surface area contributed by atoms with Gasteiger partial charge in [0.05, 0.1) is 22.0 Å². The first-order valence-electron chi connectivity index (χ1n) is 8.13. The van der Waals surface area contributed by atoms with Crippen LogP contribution in [0.3, 0.4) is 0 Å². The Morgan fingerprint density at radius 1 is 1.14 bits per heavy atom. The van der Waals surface area contributed by atoms with Gasteiger partial charge in [0.2, 0.25) is 11.8 Å². The summed E-state index contributed by atoms with van der Waals surface area (Å²) in [6.07, 6.45) is -4.65. The van der Waals surface area contributed by atoms with Gasteiger partial charge in [-0.05, 0) is 42.5 Å². The van der Waals surface area contributed by atoms with Gasteiger partial charge >= 0.3 is 12.2 Å². The zero-order chi connectivity index (χ0) is 21.3. The van der Waals surface area contributed by atoms with E-state index < -0.39 is 41.3 Å². The lowest BCUT2D eigenvalue weighted by atomic mass is 10.0. The predicted octanol–water partition coefficient (Wildman–Crippen LogP) is 3.81. The molecule has 0 aromatic heterocycles. The van der Waals surface area contributed by atoms with E-state index in [0.29, 0.717) is 11.0 Å². The van der Waals surface area contributed by atoms with Crippen LogP contribution in [-0.2, 0) is 15.8 Å². The molecule has 6 nitrogen and oxygen atoms in total. The lowest BCUT2D eigenvalue weighted by Gasteiger charge is -2.30. The minimum Gasteiger partial charge on any atom is -0.336 e. The van der Waals surface area contributed by atoms with Crippen LogP contribution in [0.5, 0.6) is 0 Å². The Morgan fingerprint density at radius 2 is 1.79 bits per heavy atom. The van der Waals surface area contributed by atoms with Crippen LogP contribution >= 0.6 is 11.6 Å². The van der Waals surface area contributed by atoms with Crippen molar-refractivity contribution in [2.75, 3.05) is 16.8 Å². The monoisotopic (exact) mass is 429 g/mol. The number of hydrogen-bond acceptors (Lipinski definition) is 3. The van der Waals surface area contributed by atoms with Gasteiger partial charge in [0, 0.05) is 6.54 Å². The number of nitrogens with one attached hydrogen (secondary N) is 2. The van der Waals surface area contributed by atoms with Gasteiger partial charge in [0.15, 0.2) is 0 Å². The summed E-state index contributed by atoms with van der Waals surface area (Å²) in [4.78, 5) is 37.9. The molecule has 152 valence electrons. The van der Waals surface area contributed by atoms with Crippen molar-refractivity contribution in [3.8, 4) is 0 Å². The Morgan fingerprint density at radius 3 is 2.41 bits per heavy atom. The Labute approximate surface area is 166 Å². The fourth-order valence-corrected chi connectivity index (χ4v) is 2.83. The number of anilines is 2. The molecule has 0 bridgehead atoms. The van der Waals surface area contributed by atoms with Crippen LogP contribution in [0.2, 0.25) is 5.02 Å². The molecule has 0 saturated carbocycles. The van der Waals surface area contributed by atoms with E-state index in [-0.39, 0.29) is 22.9 Å². The summed E-state index contributed by atoms with van der Waals surface area (Å²) in [6.45, 7) is -0.363. The van der Waals surface area contributed by atoms with Gasteiger partial charge in [-0.2, -0.15) is 13.2 Å². The zero-order valence-electron chi connectivity index (χ0n) is 14.4. The largest absolute Gasteiger partial charge is 0.416 e. The number of carbonyl (C=O) groups excluding carboxylic acids is 3. The second-order valence-corrected chi connectivity index (χ2v) is 6.48. The van der Waals surface area contributed by atoms with Crippen LogP contribution in [0.1, 0.15) is 5.56 Å². The van der Waals surface area contributed by atoms with E-state index >= 15 is 0 Å². The molecular weight excluding hydrogens is 418 g/mol. The maximum absolute atomic E-state index is 13.1. The van der Waals surface area contributed by atoms with E-state index in [0.717, 1.165) is 24.3 Å². The topological polar surface area (TPSA) is 78.5 Å². The van der Waals surface area contributed by atoms with E-state index in [1.54, 1.807) is 0 Å². The van der Waals surface area contributed by atoms with Crippen LogP contribution in [0.4, 0.5) is 33.7 Å². The molecule has 2 aromatic rings. The lowest BCUT2D eigenvalue weighted by Crippen LogP contribution is -2.58. The first-order chi connectivity index (χ1) is 13.6. The van der Waals surface area contributed by atoms with Crippen molar-refractivity contribution >= 4 is 40.8 Å². The molecule has 0 spiro atoms. The van der Waals surface area contributed by atoms with Crippen LogP contribution in [0.25, 0.3) is 0 Å². The highest BCUT2D eigenvalue weighted by atomic mass is 35.5. The standard InChI is InChI=1S/C18H12ClF4N3O3/c19-13-6-1-9(18(21,22)23)7-14(13)25-15(27)12-8-24-17(29)26(16(12)28)11-4-2-10(20)3-5-11/h1-7,12H,8H2,(H,24,29)(H,25,27). The van der Waals surface area contributed by atoms with Crippen LogP contribution in [0.15, 0.2) is 42.5 Å². The normalized spacial score (nSPS) is 17.1. The maximum Gasteiger partial charge on any atom is 0.416 e. The van der Waals surface area contributed by atoms with Crippen LogP contribution < -0.4 is 15.5 Å². The summed E-state index contributed by atoms with van der Waals surface area (Å²) in [7, 11) is 0. The van der Waals surface area contributed by atoms with E-state index in [4.69, 9.17) is 11.6 Å². The van der Waals surface area contributed by atoms with E-state index in [9.17, 15) is 31.9 Å². The lowest BCUT2D eigenvalue weighted by molar-refractivity contribution is -0.137. The number of nitrogens with zero attached hydrogens (tertiary/aromatic N) is 1. The van der Waals surface area contributed by atoms with E-state index in [1.807, 2.05) is 0 Å². The third-order valence-electron chi connectivity index (χ3n) is 4.13. The van der Waals surface area contributed by atoms with Gasteiger partial charge in [0.1, 0.15) is 11.7 Å². The van der Waals surface area contributed by atoms with Gasteiger partial charge in [0.25, 0.3) is 0 Å². The Hall–Kier alpha value is -3.14. The van der Waals surface area contributed by atoms with Gasteiger partial charge in [-0.15, -0.1) is 0 Å². The highest BCUT2D eigenvalue weighted by molar-refractivity contribution is 6.34. The maximum atomic E-state index is 13.1. The Balaban J connectivity index is 1.83. The van der Waals surface area contributed by atoms with Crippen molar-refractivity contribution in [2.24, 2.45) is 5.92 Å². The molecule has 2 aromatic carbocycles. The molecule has 1 aliphatic rings. The fourth-order valence-electron chi connectivity index (χ4n) is 2.67. The fraction of sp³-hybridized carbons (Fsp3) is 0.167. The first kappa shape index (κ1) is 20.6. The zero-order valence-corrected chi connectivity index (χ0v) is 15.1. The number of imide groups is 1. The van der Waals surface area contributed by atoms with E-state index in [1.165, 1.54) is 12.1 Å². The molecular formula is C18H12ClF4N3O3. The summed E-state index contributed by atoms with van der Waals surface area (Å²) < 4.78 is 51.7. The van der Waals surface area contributed by atoms with Crippen molar-refractivity contribution in [3.63, 3.8) is 0 Å². The van der Waals surface area contributed by atoms with Crippen molar-refractivity contribution in [2.45, 2.75) is 6.18 Å². The smallest absolute Gasteiger partial charge is 0.336 e. The minimum atomic E-state index is -4.65. The Bertz CT molecular complexity index is 979. The second-order valence-electron chi connectivity index (χ2n) is 6.07. The van der Waals surface area contributed by atoms with Gasteiger partial charge in [-0.1, -0.05) is 11.6 Å². The molecule has 1 unspecified atom stereocenters. The average Bonchev–Trinajstić information content (AvgIpc) is 2.64. The number of rotatable bonds is 3. The summed E-state index contributed by atoms with van der Waals surface area (Å²) in [5.41, 5.74) is -1.33. The third-order valence-corrected chi connectivity index (χ3v) is 4.46. The molecule has 2 N–H and O–H groups in total. The van der Waals surface area contributed by atoms with Gasteiger partial charge in [-0.3, -0.25) is 9.59 Å². The molecule has 0 aliphatic carbocycles. The van der Waals surface area contributed by atoms with Gasteiger partial charge < -0.3 is 10.6 Å². The molecule has 11 heteroatoms. The third kappa shape index (κ3) is 4.32. The molecule has 29 heavy (non-hydrogen) atoms. The van der Waals surface area contributed by atoms with Gasteiger partial charge in [-0.25, -0.2) is 14.1 Å². The molecule has 1 saturated heterocycles. The van der Waals surface area contributed by atoms with Crippen molar-refractivity contribution in [1.29, 1.82) is 0 Å². The number of carbonyl (C=O) groups is 3. The minimum absolute atomic E-state index is 0.0310. The molecule has 1 heterocycles. The highest BCUT2D eigenvalue weighted by Gasteiger charge is 2.40. The number of amides is 4. The second kappa shape index (κ2) is 7.70. The molecule has 1 aliphatic heterocycles. The van der Waals surface area contributed by atoms with Crippen LogP contribution in [-0.4, -0.2) is 24.4 Å². The van der Waals surface area contributed by atoms with Crippen molar-refractivity contribution < 1.29 is 31.9 Å². The molecule has 3 rings (SSSR count). The molecule has 4 amide bonds. The summed E-state index contributed by atoms with van der Waals surface area (Å²) in [5, 5.41) is 4.37. The number of benzene rings is 2. The highest BCUT2D eigenvalue weighted by Crippen LogP contribution is 2.34. The molecule has 1 fully saturated rings. The summed E-state index contributed by atoms with van der Waals surface area (Å²) in [6, 6.07) is 5.96. The Kier molecular flexibility index (Phi) is 5.47. The predicted molar refractivity (Wildman–Crippen MR) is 95.9 cm³/mol. The number of hydrogen-bond donors (Lipinski definition) is 2. The summed E-state index contributed by atoms with van der Waals surface area (Å²) >= 11 is 5.85. The number of halogens is 5. The van der Waals surface area contributed by atoms with E-state index in [2.05, 4.69) is 10.6 Å². The van der Waals surface area contributed by atoms with Crippen molar-refractivity contribution in [1.82, 2.24) is 5.32 Å². The van der Waals surface area contributed by atoms with Crippen LogP contribution in [0, 0.1) is 11.7 Å². The number of alkyl halides is 3. The SMILES string of the molecule is O=C(Nc1cc(C(F)(F)F)ccc1Cl)C1CNC(=O)N(c2ccc(F)cc2)C1=O. The quantitative estimate of drug-likeness (QED) is 0.575. The molecule has 0 radical (unpaired) electrons. The average molecular weight is 430 g/mol. The first-order valence-corrected chi connectivity index (χ1v) is 8.50. The molecule has 1 atom stereocenters. The summed E-state index contributed by atoms with van der Waals surface area (Å²) in [5.74, 6) is -3.89.